The van der Waals surface area contributed by atoms with Gasteiger partial charge in [-0.15, -0.1) is 0 Å². The molecule has 1 aromatic heterocycles. The Balaban J connectivity index is 1.40. The lowest BCUT2D eigenvalue weighted by Crippen LogP contribution is -2.25. The average molecular weight is 335 g/mol. The van der Waals surface area contributed by atoms with E-state index in [2.05, 4.69) is 53.0 Å². The van der Waals surface area contributed by atoms with Gasteiger partial charge in [-0.25, -0.2) is 4.98 Å². The number of carbonyl (C=O) groups excluding carboxylic acids is 1. The number of nitrogens with one attached hydrogen (secondary N) is 1. The third kappa shape index (κ3) is 4.47. The molecular weight excluding hydrogens is 310 g/mol. The maximum absolute atomic E-state index is 12.0. The van der Waals surface area contributed by atoms with Gasteiger partial charge in [-0.2, -0.15) is 0 Å². The first kappa shape index (κ1) is 17.2. The first-order valence-electron chi connectivity index (χ1n) is 8.86. The van der Waals surface area contributed by atoms with E-state index in [9.17, 15) is 4.79 Å². The van der Waals surface area contributed by atoms with Crippen molar-refractivity contribution in [1.29, 1.82) is 0 Å². The molecule has 130 valence electrons. The second-order valence-electron chi connectivity index (χ2n) is 6.56. The number of aryl methyl sites for hydroxylation is 4. The maximum Gasteiger partial charge on any atom is 0.220 e. The third-order valence-corrected chi connectivity index (χ3v) is 4.54. The molecule has 3 rings (SSSR count). The first-order valence-corrected chi connectivity index (χ1v) is 8.86. The predicted octanol–water partition coefficient (Wildman–Crippen LogP) is 3.79. The van der Waals surface area contributed by atoms with E-state index < -0.39 is 0 Å². The van der Waals surface area contributed by atoms with Crippen molar-refractivity contribution in [1.82, 2.24) is 14.9 Å². The Morgan fingerprint density at radius 3 is 2.84 bits per heavy atom. The molecule has 0 radical (unpaired) electrons. The summed E-state index contributed by atoms with van der Waals surface area (Å²) in [6.07, 6.45) is 4.10. The van der Waals surface area contributed by atoms with Crippen molar-refractivity contribution >= 4 is 16.9 Å². The van der Waals surface area contributed by atoms with Crippen molar-refractivity contribution in [2.45, 2.75) is 39.7 Å². The Bertz CT molecular complexity index is 866. The van der Waals surface area contributed by atoms with Crippen LogP contribution in [0, 0.1) is 13.8 Å². The smallest absolute Gasteiger partial charge is 0.220 e. The normalized spacial score (nSPS) is 11.0. The zero-order valence-electron chi connectivity index (χ0n) is 15.0. The van der Waals surface area contributed by atoms with Crippen LogP contribution in [-0.4, -0.2) is 22.0 Å². The van der Waals surface area contributed by atoms with Gasteiger partial charge in [-0.1, -0.05) is 35.9 Å². The fourth-order valence-corrected chi connectivity index (χ4v) is 3.13. The summed E-state index contributed by atoms with van der Waals surface area (Å²) in [5, 5.41) is 3.02. The summed E-state index contributed by atoms with van der Waals surface area (Å²) in [6.45, 7) is 5.75. The minimum Gasteiger partial charge on any atom is -0.356 e. The number of nitrogens with zero attached hydrogens (tertiary/aromatic N) is 2. The first-order chi connectivity index (χ1) is 12.1. The summed E-state index contributed by atoms with van der Waals surface area (Å²) < 4.78 is 2.14. The Hall–Kier alpha value is -2.62. The molecule has 25 heavy (non-hydrogen) atoms. The van der Waals surface area contributed by atoms with Crippen LogP contribution in [0.1, 0.15) is 29.5 Å². The van der Waals surface area contributed by atoms with E-state index in [0.29, 0.717) is 13.0 Å². The molecule has 4 nitrogen and oxygen atoms in total. The van der Waals surface area contributed by atoms with Crippen molar-refractivity contribution in [3.05, 3.63) is 65.5 Å². The molecule has 0 saturated heterocycles. The van der Waals surface area contributed by atoms with E-state index in [1.165, 1.54) is 16.7 Å². The van der Waals surface area contributed by atoms with Crippen LogP contribution in [0.2, 0.25) is 0 Å². The molecule has 0 atom stereocenters. The lowest BCUT2D eigenvalue weighted by molar-refractivity contribution is -0.121. The van der Waals surface area contributed by atoms with Crippen molar-refractivity contribution < 1.29 is 4.79 Å². The van der Waals surface area contributed by atoms with Gasteiger partial charge in [0.25, 0.3) is 0 Å². The van der Waals surface area contributed by atoms with Gasteiger partial charge < -0.3 is 9.88 Å². The number of fused-ring (bicyclic) bond motifs is 1. The SMILES string of the molecule is Cc1ccc(CCC(=O)NCCCn2cnc3ccccc32)c(C)c1. The molecule has 4 heteroatoms. The van der Waals surface area contributed by atoms with Gasteiger partial charge in [0.05, 0.1) is 17.4 Å². The van der Waals surface area contributed by atoms with Crippen molar-refractivity contribution in [3.63, 3.8) is 0 Å². The highest BCUT2D eigenvalue weighted by Crippen LogP contribution is 2.13. The topological polar surface area (TPSA) is 46.9 Å². The van der Waals surface area contributed by atoms with E-state index in [1.807, 2.05) is 24.5 Å². The summed E-state index contributed by atoms with van der Waals surface area (Å²) in [5.74, 6) is 0.121. The Morgan fingerprint density at radius 1 is 1.16 bits per heavy atom. The monoisotopic (exact) mass is 335 g/mol. The summed E-state index contributed by atoms with van der Waals surface area (Å²) in [5.41, 5.74) is 5.94. The molecule has 1 heterocycles. The van der Waals surface area contributed by atoms with Crippen LogP contribution in [-0.2, 0) is 17.8 Å². The van der Waals surface area contributed by atoms with Gasteiger partial charge >= 0.3 is 0 Å². The van der Waals surface area contributed by atoms with Crippen LogP contribution in [0.15, 0.2) is 48.8 Å². The summed E-state index contributed by atoms with van der Waals surface area (Å²) in [7, 11) is 0. The molecule has 0 saturated carbocycles. The molecule has 0 fully saturated rings. The Labute approximate surface area is 148 Å². The molecule has 0 aliphatic carbocycles. The third-order valence-electron chi connectivity index (χ3n) is 4.54. The Kier molecular flexibility index (Phi) is 5.49. The van der Waals surface area contributed by atoms with E-state index in [1.54, 1.807) is 0 Å². The largest absolute Gasteiger partial charge is 0.356 e. The minimum absolute atomic E-state index is 0.121. The van der Waals surface area contributed by atoms with Crippen LogP contribution < -0.4 is 5.32 Å². The lowest BCUT2D eigenvalue weighted by atomic mass is 10.0. The number of hydrogen-bond acceptors (Lipinski definition) is 2. The predicted molar refractivity (Wildman–Crippen MR) is 102 cm³/mol. The number of aromatic nitrogens is 2. The highest BCUT2D eigenvalue weighted by molar-refractivity contribution is 5.76. The average Bonchev–Trinajstić information content (AvgIpc) is 3.01. The lowest BCUT2D eigenvalue weighted by Gasteiger charge is -2.08. The number of hydrogen-bond donors (Lipinski definition) is 1. The van der Waals surface area contributed by atoms with Crippen molar-refractivity contribution in [2.24, 2.45) is 0 Å². The van der Waals surface area contributed by atoms with Gasteiger partial charge in [0.1, 0.15) is 0 Å². The molecule has 0 unspecified atom stereocenters. The van der Waals surface area contributed by atoms with E-state index in [0.717, 1.165) is 30.4 Å². The van der Waals surface area contributed by atoms with Crippen LogP contribution in [0.25, 0.3) is 11.0 Å². The van der Waals surface area contributed by atoms with E-state index >= 15 is 0 Å². The van der Waals surface area contributed by atoms with Gasteiger partial charge in [0, 0.05) is 19.5 Å². The molecule has 1 amide bonds. The van der Waals surface area contributed by atoms with Crippen LogP contribution in [0.4, 0.5) is 0 Å². The second-order valence-corrected chi connectivity index (χ2v) is 6.56. The van der Waals surface area contributed by atoms with Gasteiger partial charge in [0.2, 0.25) is 5.91 Å². The summed E-state index contributed by atoms with van der Waals surface area (Å²) in [6, 6.07) is 14.5. The van der Waals surface area contributed by atoms with Crippen LogP contribution >= 0.6 is 0 Å². The molecule has 2 aromatic carbocycles. The van der Waals surface area contributed by atoms with E-state index in [-0.39, 0.29) is 5.91 Å². The number of imidazole rings is 1. The number of benzene rings is 2. The Morgan fingerprint density at radius 2 is 2.00 bits per heavy atom. The number of para-hydroxylation sites is 2. The zero-order chi connectivity index (χ0) is 17.6. The number of carbonyl (C=O) groups is 1. The number of amides is 1. The second kappa shape index (κ2) is 7.97. The highest BCUT2D eigenvalue weighted by atomic mass is 16.1. The molecular formula is C21H25N3O. The maximum atomic E-state index is 12.0. The van der Waals surface area contributed by atoms with E-state index in [4.69, 9.17) is 0 Å². The fourth-order valence-electron chi connectivity index (χ4n) is 3.13. The highest BCUT2D eigenvalue weighted by Gasteiger charge is 2.05. The minimum atomic E-state index is 0.121. The molecule has 3 aromatic rings. The summed E-state index contributed by atoms with van der Waals surface area (Å²) in [4.78, 5) is 16.4. The zero-order valence-corrected chi connectivity index (χ0v) is 15.0. The molecule has 1 N–H and O–H groups in total. The van der Waals surface area contributed by atoms with Crippen molar-refractivity contribution in [2.75, 3.05) is 6.54 Å². The van der Waals surface area contributed by atoms with Crippen LogP contribution in [0.5, 0.6) is 0 Å². The quantitative estimate of drug-likeness (QED) is 0.668. The standard InChI is InChI=1S/C21H25N3O/c1-16-8-9-18(17(2)14-16)10-11-21(25)22-12-5-13-24-15-23-19-6-3-4-7-20(19)24/h3-4,6-9,14-15H,5,10-13H2,1-2H3,(H,22,25). The van der Waals surface area contributed by atoms with Gasteiger partial charge in [-0.05, 0) is 49.9 Å². The summed E-state index contributed by atoms with van der Waals surface area (Å²) >= 11 is 0. The van der Waals surface area contributed by atoms with Gasteiger partial charge in [-0.3, -0.25) is 4.79 Å². The molecule has 0 bridgehead atoms. The van der Waals surface area contributed by atoms with Gasteiger partial charge in [0.15, 0.2) is 0 Å². The molecule has 0 spiro atoms. The number of rotatable bonds is 7. The molecule has 0 aliphatic heterocycles. The fraction of sp³-hybridized carbons (Fsp3) is 0.333. The van der Waals surface area contributed by atoms with Crippen LogP contribution in [0.3, 0.4) is 0 Å². The van der Waals surface area contributed by atoms with Crippen molar-refractivity contribution in [3.8, 4) is 0 Å². The molecule has 0 aliphatic rings.